The molecule has 2 unspecified atom stereocenters. The first-order valence-corrected chi connectivity index (χ1v) is 13.1. The summed E-state index contributed by atoms with van der Waals surface area (Å²) in [5.41, 5.74) is 0.424. The Morgan fingerprint density at radius 2 is 1.28 bits per heavy atom. The molecule has 2 aromatic carbocycles. The number of methoxy groups -OCH3 is 1. The van der Waals surface area contributed by atoms with E-state index in [0.717, 1.165) is 0 Å². The van der Waals surface area contributed by atoms with Crippen LogP contribution in [0.25, 0.3) is 0 Å². The molecule has 0 radical (unpaired) electrons. The summed E-state index contributed by atoms with van der Waals surface area (Å²) >= 11 is 3.44. The molecule has 0 aliphatic heterocycles. The number of ether oxygens (including phenoxy) is 4. The number of carbonyl (C=O) groups excluding carboxylic acids is 4. The van der Waals surface area contributed by atoms with Gasteiger partial charge in [0, 0.05) is 7.11 Å². The van der Waals surface area contributed by atoms with Crippen LogP contribution in [0.15, 0.2) is 60.7 Å². The fourth-order valence-corrected chi connectivity index (χ4v) is 2.77. The van der Waals surface area contributed by atoms with Gasteiger partial charge in [0.15, 0.2) is 6.29 Å². The minimum atomic E-state index is -1.74. The van der Waals surface area contributed by atoms with E-state index < -0.39 is 40.3 Å². The zero-order valence-electron chi connectivity index (χ0n) is 24.1. The molecule has 0 bridgehead atoms. The first kappa shape index (κ1) is 35.8. The van der Waals surface area contributed by atoms with Crippen molar-refractivity contribution in [3.8, 4) is 0 Å². The average Bonchev–Trinajstić information content (AvgIpc) is 2.91. The molecule has 0 saturated carbocycles. The first-order valence-electron chi connectivity index (χ1n) is 12.6. The van der Waals surface area contributed by atoms with E-state index in [1.54, 1.807) is 51.3 Å². The fraction of sp³-hybridized carbons (Fsp3) is 0.467. The Hall–Kier alpha value is -3.17. The minimum absolute atomic E-state index is 0.100. The fourth-order valence-electron chi connectivity index (χ4n) is 2.65. The Morgan fingerprint density at radius 3 is 1.67 bits per heavy atom. The van der Waals surface area contributed by atoms with Crippen molar-refractivity contribution in [3.63, 3.8) is 0 Å². The summed E-state index contributed by atoms with van der Waals surface area (Å²) in [5, 5.41) is -1.09. The highest BCUT2D eigenvalue weighted by molar-refractivity contribution is 7.96. The molecule has 0 aromatic heterocycles. The Morgan fingerprint density at radius 1 is 0.821 bits per heavy atom. The van der Waals surface area contributed by atoms with Gasteiger partial charge in [-0.1, -0.05) is 108 Å². The molecule has 0 aliphatic rings. The molecule has 0 aliphatic carbocycles. The average molecular weight is 563 g/mol. The molecule has 0 heterocycles. The van der Waals surface area contributed by atoms with Crippen LogP contribution in [0, 0.1) is 10.8 Å². The van der Waals surface area contributed by atoms with Gasteiger partial charge in [0.2, 0.25) is 12.2 Å². The predicted octanol–water partition coefficient (Wildman–Crippen LogP) is 6.21. The Labute approximate surface area is 237 Å². The molecule has 2 rings (SSSR count). The lowest BCUT2D eigenvalue weighted by Crippen LogP contribution is -2.47. The number of hydrogen-bond donors (Lipinski definition) is 1. The van der Waals surface area contributed by atoms with Crippen LogP contribution in [0.1, 0.15) is 59.6 Å². The van der Waals surface area contributed by atoms with Crippen LogP contribution in [-0.2, 0) is 46.5 Å². The summed E-state index contributed by atoms with van der Waals surface area (Å²) in [7, 11) is 1.70. The third-order valence-electron chi connectivity index (χ3n) is 5.90. The van der Waals surface area contributed by atoms with Gasteiger partial charge in [-0.15, -0.1) is 0 Å². The molecule has 0 spiro atoms. The molecule has 8 nitrogen and oxygen atoms in total. The normalized spacial score (nSPS) is 12.2. The second-order valence-corrected chi connectivity index (χ2v) is 10.1. The Bertz CT molecular complexity index is 1000. The van der Waals surface area contributed by atoms with Crippen LogP contribution >= 0.6 is 12.6 Å². The van der Waals surface area contributed by atoms with Gasteiger partial charge in [-0.05, 0) is 30.4 Å². The van der Waals surface area contributed by atoms with Gasteiger partial charge >= 0.3 is 17.2 Å². The lowest BCUT2D eigenvalue weighted by molar-refractivity contribution is -0.185. The van der Waals surface area contributed by atoms with Gasteiger partial charge in [0.1, 0.15) is 6.61 Å². The third-order valence-corrected chi connectivity index (χ3v) is 6.00. The van der Waals surface area contributed by atoms with Gasteiger partial charge in [0.25, 0.3) is 0 Å². The van der Waals surface area contributed by atoms with E-state index in [-0.39, 0.29) is 12.9 Å². The summed E-state index contributed by atoms with van der Waals surface area (Å²) in [4.78, 5) is 47.8. The maximum Gasteiger partial charge on any atom is 0.365 e. The van der Waals surface area contributed by atoms with Crippen molar-refractivity contribution in [1.82, 2.24) is 0 Å². The molecule has 0 saturated heterocycles. The molecule has 39 heavy (non-hydrogen) atoms. The number of benzene rings is 2. The second kappa shape index (κ2) is 18.2. The number of esters is 2. The zero-order valence-corrected chi connectivity index (χ0v) is 25.0. The summed E-state index contributed by atoms with van der Waals surface area (Å²) in [6.45, 7) is 13.4. The van der Waals surface area contributed by atoms with Crippen LogP contribution in [-0.4, -0.2) is 42.8 Å². The van der Waals surface area contributed by atoms with Crippen molar-refractivity contribution in [1.29, 1.82) is 0 Å². The van der Waals surface area contributed by atoms with E-state index in [4.69, 9.17) is 18.9 Å². The lowest BCUT2D eigenvalue weighted by atomic mass is 9.69. The third kappa shape index (κ3) is 13.0. The summed E-state index contributed by atoms with van der Waals surface area (Å²) < 4.78 is 20.1. The zero-order chi connectivity index (χ0) is 30.1. The number of hydrogen-bond acceptors (Lipinski definition) is 8. The summed E-state index contributed by atoms with van der Waals surface area (Å²) in [5.74, 6) is -1.74. The molecule has 9 heteroatoms. The van der Waals surface area contributed by atoms with Gasteiger partial charge < -0.3 is 18.9 Å². The van der Waals surface area contributed by atoms with Gasteiger partial charge in [-0.25, -0.2) is 9.59 Å². The van der Waals surface area contributed by atoms with Crippen LogP contribution < -0.4 is 0 Å². The molecular formula is C30H42O8S. The number of carbonyl (C=O) groups is 4. The van der Waals surface area contributed by atoms with E-state index >= 15 is 0 Å². The number of aldehydes is 1. The molecule has 216 valence electrons. The molecule has 2 atom stereocenters. The van der Waals surface area contributed by atoms with Gasteiger partial charge in [-0.2, -0.15) is 0 Å². The topological polar surface area (TPSA) is 105 Å². The SMILES string of the molecule is CC.CC(C)(C)C(C)(C)C(=O)OC(C(=O)OCc1ccccc1)C(C=O)OC(=O)S.COCc1ccccc1. The van der Waals surface area contributed by atoms with Crippen LogP contribution in [0.5, 0.6) is 0 Å². The van der Waals surface area contributed by atoms with E-state index in [1.165, 1.54) is 5.56 Å². The van der Waals surface area contributed by atoms with Crippen LogP contribution in [0.4, 0.5) is 4.79 Å². The largest absolute Gasteiger partial charge is 0.458 e. The predicted molar refractivity (Wildman–Crippen MR) is 153 cm³/mol. The van der Waals surface area contributed by atoms with E-state index in [0.29, 0.717) is 12.2 Å². The Kier molecular flexibility index (Phi) is 16.7. The van der Waals surface area contributed by atoms with Gasteiger partial charge in [0.05, 0.1) is 12.0 Å². The second-order valence-electron chi connectivity index (χ2n) is 9.70. The lowest BCUT2D eigenvalue weighted by Gasteiger charge is -2.37. The monoisotopic (exact) mass is 562 g/mol. The van der Waals surface area contributed by atoms with Crippen molar-refractivity contribution in [2.45, 2.75) is 73.9 Å². The number of rotatable bonds is 10. The quantitative estimate of drug-likeness (QED) is 0.158. The van der Waals surface area contributed by atoms with Gasteiger partial charge in [-0.3, -0.25) is 9.59 Å². The molecule has 0 fully saturated rings. The Balaban J connectivity index is 0.00000109. The van der Waals surface area contributed by atoms with Crippen molar-refractivity contribution in [2.24, 2.45) is 10.8 Å². The van der Waals surface area contributed by atoms with E-state index in [9.17, 15) is 19.2 Å². The smallest absolute Gasteiger partial charge is 0.365 e. The molecule has 0 amide bonds. The van der Waals surface area contributed by atoms with Crippen LogP contribution in [0.2, 0.25) is 0 Å². The highest BCUT2D eigenvalue weighted by Gasteiger charge is 2.45. The standard InChI is InChI=1S/C20H26O7S.C8H10O.C2H6/c1-19(2,3)20(4,5)17(23)27-15(14(11-21)26-18(24)28)16(22)25-12-13-9-7-6-8-10-13;1-9-7-8-5-3-2-4-6-8;1-2/h6-11,14-15H,12H2,1-5H3,(H,24,28);2-6H,7H2,1H3;1-2H3. The molecule has 0 N–H and O–H groups in total. The molecule has 2 aromatic rings. The molecular weight excluding hydrogens is 520 g/mol. The van der Waals surface area contributed by atoms with Crippen molar-refractivity contribution < 1.29 is 38.1 Å². The van der Waals surface area contributed by atoms with E-state index in [2.05, 4.69) is 12.6 Å². The maximum atomic E-state index is 12.7. The summed E-state index contributed by atoms with van der Waals surface area (Å²) in [6.07, 6.45) is -3.22. The van der Waals surface area contributed by atoms with E-state index in [1.807, 2.05) is 65.0 Å². The summed E-state index contributed by atoms with van der Waals surface area (Å²) in [6, 6.07) is 18.9. The van der Waals surface area contributed by atoms with Crippen molar-refractivity contribution >= 4 is 36.2 Å². The first-order chi connectivity index (χ1) is 18.3. The highest BCUT2D eigenvalue weighted by Crippen LogP contribution is 2.39. The maximum absolute atomic E-state index is 12.7. The highest BCUT2D eigenvalue weighted by atomic mass is 32.1. The van der Waals surface area contributed by atoms with Crippen molar-refractivity contribution in [2.75, 3.05) is 7.11 Å². The number of thiol groups is 1. The minimum Gasteiger partial charge on any atom is -0.458 e. The van der Waals surface area contributed by atoms with Crippen molar-refractivity contribution in [3.05, 3.63) is 71.8 Å². The van der Waals surface area contributed by atoms with Crippen LogP contribution in [0.3, 0.4) is 0 Å².